The monoisotopic (exact) mass is 282 g/mol. The number of esters is 1. The summed E-state index contributed by atoms with van der Waals surface area (Å²) in [6, 6.07) is -0.852. The summed E-state index contributed by atoms with van der Waals surface area (Å²) in [7, 11) is 1.23. The van der Waals surface area contributed by atoms with Crippen molar-refractivity contribution in [3.63, 3.8) is 0 Å². The van der Waals surface area contributed by atoms with Crippen molar-refractivity contribution in [3.8, 4) is 0 Å². The summed E-state index contributed by atoms with van der Waals surface area (Å²) in [5.41, 5.74) is 5.78. The molecule has 1 aromatic heterocycles. The molecule has 1 aromatic rings. The van der Waals surface area contributed by atoms with Gasteiger partial charge in [0.25, 0.3) is 0 Å². The normalized spacial score (nSPS) is 11.8. The minimum atomic E-state index is -0.852. The Morgan fingerprint density at radius 3 is 2.70 bits per heavy atom. The van der Waals surface area contributed by atoms with Crippen LogP contribution in [0.2, 0.25) is 0 Å². The van der Waals surface area contributed by atoms with Gasteiger partial charge in [0.15, 0.2) is 0 Å². The lowest BCUT2D eigenvalue weighted by atomic mass is 10.1. The van der Waals surface area contributed by atoms with E-state index >= 15 is 0 Å². The topological polar surface area (TPSA) is 116 Å². The van der Waals surface area contributed by atoms with Crippen LogP contribution in [0.15, 0.2) is 12.5 Å². The largest absolute Gasteiger partial charge is 0.467 e. The highest BCUT2D eigenvalue weighted by Crippen LogP contribution is 2.03. The maximum atomic E-state index is 11.6. The summed E-state index contributed by atoms with van der Waals surface area (Å²) in [5, 5.41) is 2.53. The van der Waals surface area contributed by atoms with Crippen LogP contribution in [0.3, 0.4) is 0 Å². The number of rotatable bonds is 6. The summed E-state index contributed by atoms with van der Waals surface area (Å²) in [5.74, 6) is -1.10. The first-order chi connectivity index (χ1) is 9.47. The molecule has 1 atom stereocenters. The summed E-state index contributed by atoms with van der Waals surface area (Å²) < 4.78 is 5.93. The van der Waals surface area contributed by atoms with Crippen molar-refractivity contribution in [1.82, 2.24) is 14.9 Å². The maximum absolute atomic E-state index is 11.6. The minimum absolute atomic E-state index is 0.120. The Balaban J connectivity index is 2.75. The molecular weight excluding hydrogens is 264 g/mol. The number of hydrogen-bond donors (Lipinski definition) is 2. The molecule has 1 rings (SSSR count). The molecule has 8 heteroatoms. The van der Waals surface area contributed by atoms with Crippen LogP contribution in [0.25, 0.3) is 0 Å². The highest BCUT2D eigenvalue weighted by Gasteiger charge is 2.22. The van der Waals surface area contributed by atoms with Crippen LogP contribution >= 0.6 is 0 Å². The molecule has 0 unspecified atom stereocenters. The highest BCUT2D eigenvalue weighted by molar-refractivity contribution is 5.84. The first-order valence-electron chi connectivity index (χ1n) is 6.09. The van der Waals surface area contributed by atoms with Gasteiger partial charge in [-0.2, -0.15) is 0 Å². The molecule has 1 amide bonds. The number of amides is 1. The van der Waals surface area contributed by atoms with Gasteiger partial charge >= 0.3 is 5.97 Å². The smallest absolute Gasteiger partial charge is 0.328 e. The van der Waals surface area contributed by atoms with Gasteiger partial charge in [0.2, 0.25) is 11.8 Å². The number of carbonyl (C=O) groups is 3. The maximum Gasteiger partial charge on any atom is 0.328 e. The molecule has 0 aliphatic carbocycles. The SMILES string of the molecule is COC(=O)[C@@H](Cc1cn(C(C)=O)cn1)NC(=O)CCN. The number of nitrogens with zero attached hydrogens (tertiary/aromatic N) is 2. The van der Waals surface area contributed by atoms with E-state index in [1.807, 2.05) is 0 Å². The van der Waals surface area contributed by atoms with Gasteiger partial charge in [-0.3, -0.25) is 14.2 Å². The Kier molecular flexibility index (Phi) is 5.85. The standard InChI is InChI=1S/C12H18N4O4/c1-8(17)16-6-9(14-7-16)5-10(12(19)20-2)15-11(18)3-4-13/h6-7,10H,3-5,13H2,1-2H3,(H,15,18)/t10-/m1/s1. The zero-order valence-corrected chi connectivity index (χ0v) is 11.5. The van der Waals surface area contributed by atoms with E-state index < -0.39 is 12.0 Å². The molecule has 0 aliphatic rings. The molecule has 0 fully saturated rings. The van der Waals surface area contributed by atoms with Crippen LogP contribution in [0, 0.1) is 0 Å². The van der Waals surface area contributed by atoms with Crippen molar-refractivity contribution in [1.29, 1.82) is 0 Å². The number of nitrogens with two attached hydrogens (primary N) is 1. The number of hydrogen-bond acceptors (Lipinski definition) is 6. The van der Waals surface area contributed by atoms with Gasteiger partial charge < -0.3 is 15.8 Å². The third-order valence-corrected chi connectivity index (χ3v) is 2.61. The second kappa shape index (κ2) is 7.39. The molecule has 0 saturated carbocycles. The summed E-state index contributed by atoms with van der Waals surface area (Å²) in [6.07, 6.45) is 3.12. The third kappa shape index (κ3) is 4.47. The van der Waals surface area contributed by atoms with E-state index in [1.54, 1.807) is 0 Å². The van der Waals surface area contributed by atoms with Gasteiger partial charge in [-0.15, -0.1) is 0 Å². The average molecular weight is 282 g/mol. The molecule has 110 valence electrons. The van der Waals surface area contributed by atoms with Gasteiger partial charge in [0, 0.05) is 32.5 Å². The average Bonchev–Trinajstić information content (AvgIpc) is 2.86. The molecule has 0 bridgehead atoms. The lowest BCUT2D eigenvalue weighted by molar-refractivity contribution is -0.145. The van der Waals surface area contributed by atoms with Gasteiger partial charge in [-0.25, -0.2) is 9.78 Å². The van der Waals surface area contributed by atoms with Gasteiger partial charge in [-0.1, -0.05) is 0 Å². The Bertz CT molecular complexity index is 497. The van der Waals surface area contributed by atoms with Crippen molar-refractivity contribution in [3.05, 3.63) is 18.2 Å². The quantitative estimate of drug-likeness (QED) is 0.653. The molecular formula is C12H18N4O4. The molecule has 0 saturated heterocycles. The van der Waals surface area contributed by atoms with Crippen molar-refractivity contribution < 1.29 is 19.1 Å². The minimum Gasteiger partial charge on any atom is -0.467 e. The second-order valence-corrected chi connectivity index (χ2v) is 4.18. The van der Waals surface area contributed by atoms with E-state index in [0.29, 0.717) is 5.69 Å². The van der Waals surface area contributed by atoms with Crippen molar-refractivity contribution >= 4 is 17.8 Å². The van der Waals surface area contributed by atoms with Crippen LogP contribution < -0.4 is 11.1 Å². The number of nitrogens with one attached hydrogen (secondary N) is 1. The van der Waals surface area contributed by atoms with Crippen LogP contribution in [-0.2, 0) is 20.7 Å². The predicted octanol–water partition coefficient (Wildman–Crippen LogP) is -0.908. The fraction of sp³-hybridized carbons (Fsp3) is 0.500. The first-order valence-corrected chi connectivity index (χ1v) is 6.09. The van der Waals surface area contributed by atoms with E-state index in [4.69, 9.17) is 5.73 Å². The van der Waals surface area contributed by atoms with Crippen LogP contribution in [0.5, 0.6) is 0 Å². The van der Waals surface area contributed by atoms with E-state index in [9.17, 15) is 14.4 Å². The highest BCUT2D eigenvalue weighted by atomic mass is 16.5. The molecule has 0 aliphatic heterocycles. The Labute approximate surface area is 116 Å². The molecule has 8 nitrogen and oxygen atoms in total. The lowest BCUT2D eigenvalue weighted by Gasteiger charge is -2.15. The predicted molar refractivity (Wildman–Crippen MR) is 69.8 cm³/mol. The molecule has 0 spiro atoms. The van der Waals surface area contributed by atoms with E-state index in [2.05, 4.69) is 15.0 Å². The zero-order valence-electron chi connectivity index (χ0n) is 11.5. The van der Waals surface area contributed by atoms with E-state index in [1.165, 1.54) is 31.1 Å². The number of imidazole rings is 1. The van der Waals surface area contributed by atoms with Crippen LogP contribution in [0.1, 0.15) is 23.8 Å². The molecule has 0 radical (unpaired) electrons. The fourth-order valence-corrected chi connectivity index (χ4v) is 1.58. The first kappa shape index (κ1) is 15.8. The van der Waals surface area contributed by atoms with Crippen molar-refractivity contribution in [2.45, 2.75) is 25.8 Å². The van der Waals surface area contributed by atoms with Crippen molar-refractivity contribution in [2.75, 3.05) is 13.7 Å². The Morgan fingerprint density at radius 2 is 2.20 bits per heavy atom. The van der Waals surface area contributed by atoms with Crippen LogP contribution in [-0.4, -0.2) is 47.0 Å². The fourth-order valence-electron chi connectivity index (χ4n) is 1.58. The van der Waals surface area contributed by atoms with E-state index in [-0.39, 0.29) is 31.2 Å². The Morgan fingerprint density at radius 1 is 1.50 bits per heavy atom. The lowest BCUT2D eigenvalue weighted by Crippen LogP contribution is -2.43. The van der Waals surface area contributed by atoms with Gasteiger partial charge in [-0.05, 0) is 0 Å². The summed E-state index contributed by atoms with van der Waals surface area (Å²) in [4.78, 5) is 38.3. The molecule has 0 aromatic carbocycles. The molecule has 20 heavy (non-hydrogen) atoms. The number of carbonyl (C=O) groups excluding carboxylic acids is 3. The van der Waals surface area contributed by atoms with Gasteiger partial charge in [0.1, 0.15) is 12.4 Å². The summed E-state index contributed by atoms with van der Waals surface area (Å²) >= 11 is 0. The molecule has 1 heterocycles. The number of methoxy groups -OCH3 is 1. The summed E-state index contributed by atoms with van der Waals surface area (Å²) in [6.45, 7) is 1.59. The van der Waals surface area contributed by atoms with E-state index in [0.717, 1.165) is 0 Å². The number of aromatic nitrogens is 2. The zero-order chi connectivity index (χ0) is 15.1. The Hall–Kier alpha value is -2.22. The molecule has 3 N–H and O–H groups in total. The van der Waals surface area contributed by atoms with Crippen molar-refractivity contribution in [2.24, 2.45) is 5.73 Å². The van der Waals surface area contributed by atoms with Crippen LogP contribution in [0.4, 0.5) is 0 Å². The second-order valence-electron chi connectivity index (χ2n) is 4.18. The number of ether oxygens (including phenoxy) is 1. The van der Waals surface area contributed by atoms with Gasteiger partial charge in [0.05, 0.1) is 12.8 Å². The third-order valence-electron chi connectivity index (χ3n) is 2.61.